The predicted octanol–water partition coefficient (Wildman–Crippen LogP) is -0.577. The summed E-state index contributed by atoms with van der Waals surface area (Å²) in [4.78, 5) is 36.9. The summed E-state index contributed by atoms with van der Waals surface area (Å²) in [5.41, 5.74) is 0. The van der Waals surface area contributed by atoms with E-state index in [-0.39, 0.29) is 31.0 Å². The lowest BCUT2D eigenvalue weighted by atomic mass is 10.3. The quantitative estimate of drug-likeness (QED) is 0.488. The van der Waals surface area contributed by atoms with Crippen molar-refractivity contribution in [2.75, 3.05) is 39.8 Å². The van der Waals surface area contributed by atoms with Crippen LogP contribution in [-0.2, 0) is 14.3 Å². The predicted molar refractivity (Wildman–Crippen MR) is 63.9 cm³/mol. The maximum Gasteiger partial charge on any atom is 0.324 e. The van der Waals surface area contributed by atoms with Gasteiger partial charge in [-0.25, -0.2) is 4.79 Å². The van der Waals surface area contributed by atoms with E-state index in [0.717, 1.165) is 13.0 Å². The van der Waals surface area contributed by atoms with E-state index >= 15 is 0 Å². The van der Waals surface area contributed by atoms with Gasteiger partial charge in [-0.15, -0.1) is 0 Å². The molecular weight excluding hydrogens is 238 g/mol. The monoisotopic (exact) mass is 257 g/mol. The Bertz CT molecular complexity index is 316. The second kappa shape index (κ2) is 6.95. The Kier molecular flexibility index (Phi) is 5.57. The third kappa shape index (κ3) is 3.99. The third-order valence-electron chi connectivity index (χ3n) is 2.70. The molecule has 0 radical (unpaired) electrons. The number of rotatable bonds is 7. The lowest BCUT2D eigenvalue weighted by Crippen LogP contribution is -2.41. The first kappa shape index (κ1) is 14.4. The van der Waals surface area contributed by atoms with Crippen LogP contribution < -0.4 is 5.32 Å². The minimum Gasteiger partial charge on any atom is -0.468 e. The van der Waals surface area contributed by atoms with Crippen molar-refractivity contribution < 1.29 is 19.1 Å². The number of hydrogen-bond donors (Lipinski definition) is 1. The van der Waals surface area contributed by atoms with Crippen molar-refractivity contribution in [2.24, 2.45) is 0 Å². The van der Waals surface area contributed by atoms with E-state index in [4.69, 9.17) is 0 Å². The molecule has 0 saturated carbocycles. The molecule has 0 bridgehead atoms. The number of nitrogens with zero attached hydrogens (tertiary/aromatic N) is 2. The first-order valence-electron chi connectivity index (χ1n) is 5.95. The fraction of sp³-hybridized carbons (Fsp3) is 0.727. The van der Waals surface area contributed by atoms with Crippen molar-refractivity contribution >= 4 is 17.9 Å². The Balaban J connectivity index is 2.43. The van der Waals surface area contributed by atoms with Gasteiger partial charge in [-0.3, -0.25) is 19.4 Å². The lowest BCUT2D eigenvalue weighted by Gasteiger charge is -2.22. The first-order chi connectivity index (χ1) is 8.58. The summed E-state index contributed by atoms with van der Waals surface area (Å²) in [7, 11) is 1.34. The Morgan fingerprint density at radius 1 is 1.44 bits per heavy atom. The molecule has 1 heterocycles. The molecule has 102 valence electrons. The van der Waals surface area contributed by atoms with Gasteiger partial charge in [-0.05, 0) is 13.0 Å². The Labute approximate surface area is 106 Å². The van der Waals surface area contributed by atoms with Gasteiger partial charge in [0.15, 0.2) is 0 Å². The highest BCUT2D eigenvalue weighted by molar-refractivity contribution is 6.01. The molecule has 1 saturated heterocycles. The molecule has 0 aromatic rings. The van der Waals surface area contributed by atoms with Crippen molar-refractivity contribution in [3.8, 4) is 0 Å². The van der Waals surface area contributed by atoms with Crippen LogP contribution in [0.15, 0.2) is 0 Å². The molecule has 0 unspecified atom stereocenters. The molecule has 18 heavy (non-hydrogen) atoms. The van der Waals surface area contributed by atoms with Crippen molar-refractivity contribution in [1.82, 2.24) is 15.1 Å². The van der Waals surface area contributed by atoms with Gasteiger partial charge in [-0.1, -0.05) is 6.92 Å². The van der Waals surface area contributed by atoms with Crippen LogP contribution in [0, 0.1) is 0 Å². The largest absolute Gasteiger partial charge is 0.468 e. The number of nitrogens with one attached hydrogen (secondary N) is 1. The number of methoxy groups -OCH3 is 1. The van der Waals surface area contributed by atoms with Crippen molar-refractivity contribution in [2.45, 2.75) is 13.3 Å². The summed E-state index contributed by atoms with van der Waals surface area (Å²) in [5, 5.41) is 2.45. The highest BCUT2D eigenvalue weighted by atomic mass is 16.5. The zero-order valence-corrected chi connectivity index (χ0v) is 10.8. The SMILES string of the molecule is CCCN(CCN1C(=O)CNC1=O)CC(=O)OC. The molecule has 7 nitrogen and oxygen atoms in total. The molecule has 0 spiro atoms. The van der Waals surface area contributed by atoms with Gasteiger partial charge >= 0.3 is 12.0 Å². The Morgan fingerprint density at radius 2 is 2.17 bits per heavy atom. The molecule has 0 aliphatic carbocycles. The Hall–Kier alpha value is -1.63. The van der Waals surface area contributed by atoms with Gasteiger partial charge in [0.2, 0.25) is 5.91 Å². The standard InChI is InChI=1S/C11H19N3O4/c1-3-4-13(8-10(16)18-2)5-6-14-9(15)7-12-11(14)17/h3-8H2,1-2H3,(H,12,17). The van der Waals surface area contributed by atoms with Gasteiger partial charge in [0.1, 0.15) is 0 Å². The molecule has 1 rings (SSSR count). The maximum absolute atomic E-state index is 11.4. The molecule has 1 fully saturated rings. The number of amides is 3. The highest BCUT2D eigenvalue weighted by Gasteiger charge is 2.28. The summed E-state index contributed by atoms with van der Waals surface area (Å²) in [6.45, 7) is 3.72. The molecule has 1 aliphatic rings. The number of imide groups is 1. The van der Waals surface area contributed by atoms with E-state index in [0.29, 0.717) is 13.1 Å². The van der Waals surface area contributed by atoms with E-state index in [1.807, 2.05) is 11.8 Å². The van der Waals surface area contributed by atoms with Gasteiger partial charge in [0.25, 0.3) is 0 Å². The average molecular weight is 257 g/mol. The normalized spacial score (nSPS) is 15.2. The van der Waals surface area contributed by atoms with Crippen LogP contribution in [-0.4, -0.2) is 67.5 Å². The average Bonchev–Trinajstić information content (AvgIpc) is 2.66. The lowest BCUT2D eigenvalue weighted by molar-refractivity contribution is -0.141. The van der Waals surface area contributed by atoms with Crippen molar-refractivity contribution in [1.29, 1.82) is 0 Å². The molecule has 0 aromatic heterocycles. The van der Waals surface area contributed by atoms with E-state index in [1.165, 1.54) is 12.0 Å². The van der Waals surface area contributed by atoms with Gasteiger partial charge in [-0.2, -0.15) is 0 Å². The maximum atomic E-state index is 11.4. The molecule has 1 aliphatic heterocycles. The minimum atomic E-state index is -0.366. The van der Waals surface area contributed by atoms with Crippen LogP contribution in [0.2, 0.25) is 0 Å². The van der Waals surface area contributed by atoms with Gasteiger partial charge < -0.3 is 10.1 Å². The van der Waals surface area contributed by atoms with Crippen molar-refractivity contribution in [3.63, 3.8) is 0 Å². The topological polar surface area (TPSA) is 79.0 Å². The summed E-state index contributed by atoms with van der Waals surface area (Å²) >= 11 is 0. The van der Waals surface area contributed by atoms with E-state index in [9.17, 15) is 14.4 Å². The fourth-order valence-electron chi connectivity index (χ4n) is 1.76. The number of ether oxygens (including phenoxy) is 1. The number of carbonyl (C=O) groups is 3. The van der Waals surface area contributed by atoms with Crippen LogP contribution in [0.1, 0.15) is 13.3 Å². The van der Waals surface area contributed by atoms with Crippen LogP contribution in [0.25, 0.3) is 0 Å². The summed E-state index contributed by atoms with van der Waals surface area (Å²) < 4.78 is 4.60. The molecule has 0 aromatic carbocycles. The molecule has 7 heteroatoms. The molecular formula is C11H19N3O4. The fourth-order valence-corrected chi connectivity index (χ4v) is 1.76. The van der Waals surface area contributed by atoms with Crippen LogP contribution >= 0.6 is 0 Å². The van der Waals surface area contributed by atoms with Gasteiger partial charge in [0, 0.05) is 13.1 Å². The minimum absolute atomic E-state index is 0.0591. The first-order valence-corrected chi connectivity index (χ1v) is 5.95. The summed E-state index contributed by atoms with van der Waals surface area (Å²) in [5.74, 6) is -0.546. The van der Waals surface area contributed by atoms with E-state index < -0.39 is 0 Å². The molecule has 3 amide bonds. The molecule has 1 N–H and O–H groups in total. The summed E-state index contributed by atoms with van der Waals surface area (Å²) in [6.07, 6.45) is 0.886. The van der Waals surface area contributed by atoms with Crippen LogP contribution in [0.5, 0.6) is 0 Å². The number of carbonyl (C=O) groups excluding carboxylic acids is 3. The van der Waals surface area contributed by atoms with Crippen LogP contribution in [0.3, 0.4) is 0 Å². The van der Waals surface area contributed by atoms with E-state index in [1.54, 1.807) is 0 Å². The number of urea groups is 1. The summed E-state index contributed by atoms with van der Waals surface area (Å²) in [6, 6.07) is -0.366. The zero-order valence-electron chi connectivity index (χ0n) is 10.8. The second-order valence-corrected chi connectivity index (χ2v) is 4.06. The van der Waals surface area contributed by atoms with E-state index in [2.05, 4.69) is 10.1 Å². The molecule has 0 atom stereocenters. The van der Waals surface area contributed by atoms with Crippen LogP contribution in [0.4, 0.5) is 4.79 Å². The second-order valence-electron chi connectivity index (χ2n) is 4.06. The zero-order chi connectivity index (χ0) is 13.5. The Morgan fingerprint density at radius 3 is 2.67 bits per heavy atom. The smallest absolute Gasteiger partial charge is 0.324 e. The highest BCUT2D eigenvalue weighted by Crippen LogP contribution is 2.00. The number of esters is 1. The van der Waals surface area contributed by atoms with Crippen molar-refractivity contribution in [3.05, 3.63) is 0 Å². The van der Waals surface area contributed by atoms with Gasteiger partial charge in [0.05, 0.1) is 20.2 Å². The third-order valence-corrected chi connectivity index (χ3v) is 2.70. The number of hydrogen-bond acceptors (Lipinski definition) is 5.